The first-order chi connectivity index (χ1) is 31.8. The number of nitrogens with zero attached hydrogens (tertiary/aromatic N) is 1. The third kappa shape index (κ3) is 15.1. The number of hydrogen-bond acceptors (Lipinski definition) is 13. The second-order valence-electron chi connectivity index (χ2n) is 20.2. The summed E-state index contributed by atoms with van der Waals surface area (Å²) in [6.07, 6.45) is 13.2. The summed E-state index contributed by atoms with van der Waals surface area (Å²) in [4.78, 5) is 72.2. The predicted octanol–water partition coefficient (Wildman–Crippen LogP) is 6.96. The molecule has 14 nitrogen and oxygen atoms in total. The molecule has 2 bridgehead atoms. The van der Waals surface area contributed by atoms with Crippen molar-refractivity contribution in [3.63, 3.8) is 0 Å². The predicted molar refractivity (Wildman–Crippen MR) is 254 cm³/mol. The number of fused-ring (bicyclic) bond motifs is 3. The van der Waals surface area contributed by atoms with Gasteiger partial charge in [-0.25, -0.2) is 4.79 Å². The van der Waals surface area contributed by atoms with Gasteiger partial charge in [-0.2, -0.15) is 0 Å². The second kappa shape index (κ2) is 26.6. The Bertz CT molecular complexity index is 1790. The van der Waals surface area contributed by atoms with Crippen molar-refractivity contribution in [2.45, 2.75) is 193 Å². The van der Waals surface area contributed by atoms with Crippen molar-refractivity contribution >= 4 is 29.2 Å². The highest BCUT2D eigenvalue weighted by Crippen LogP contribution is 2.38. The Kier molecular flexibility index (Phi) is 22.3. The Balaban J connectivity index is 1.72. The maximum Gasteiger partial charge on any atom is 0.329 e. The summed E-state index contributed by atoms with van der Waals surface area (Å²) in [7, 11) is 4.54. The van der Waals surface area contributed by atoms with Crippen LogP contribution in [0.3, 0.4) is 0 Å². The molecule has 0 unspecified atom stereocenters. The molecule has 15 atom stereocenters. The van der Waals surface area contributed by atoms with Crippen molar-refractivity contribution in [1.82, 2.24) is 4.90 Å². The van der Waals surface area contributed by atoms with Crippen molar-refractivity contribution in [3.05, 3.63) is 47.6 Å². The summed E-state index contributed by atoms with van der Waals surface area (Å²) in [5.41, 5.74) is 1.28. The lowest BCUT2D eigenvalue weighted by atomic mass is 9.78. The zero-order chi connectivity index (χ0) is 49.6. The van der Waals surface area contributed by atoms with E-state index in [-0.39, 0.29) is 54.8 Å². The van der Waals surface area contributed by atoms with Gasteiger partial charge in [0.25, 0.3) is 11.7 Å². The van der Waals surface area contributed by atoms with Crippen LogP contribution in [0.1, 0.15) is 138 Å². The molecular weight excluding hydrogens is 859 g/mol. The highest BCUT2D eigenvalue weighted by molar-refractivity contribution is 6.39. The summed E-state index contributed by atoms with van der Waals surface area (Å²) >= 11 is 0. The van der Waals surface area contributed by atoms with Crippen LogP contribution in [0.5, 0.6) is 0 Å². The largest absolute Gasteiger partial charge is 0.460 e. The number of aliphatic hydroxyl groups excluding tert-OH is 2. The van der Waals surface area contributed by atoms with Crippen molar-refractivity contribution < 1.29 is 63.0 Å². The molecule has 0 aromatic rings. The molecule has 14 heteroatoms. The summed E-state index contributed by atoms with van der Waals surface area (Å²) in [6.45, 7) is 12.9. The maximum absolute atomic E-state index is 14.4. The zero-order valence-corrected chi connectivity index (χ0v) is 42.0. The highest BCUT2D eigenvalue weighted by Gasteiger charge is 2.53. The fourth-order valence-electron chi connectivity index (χ4n) is 10.6. The number of esters is 1. The molecule has 0 aromatic carbocycles. The Labute approximate surface area is 399 Å². The molecule has 0 radical (unpaired) electrons. The van der Waals surface area contributed by atoms with Gasteiger partial charge in [-0.15, -0.1) is 0 Å². The van der Waals surface area contributed by atoms with Gasteiger partial charge in [-0.3, -0.25) is 19.2 Å². The highest BCUT2D eigenvalue weighted by atomic mass is 16.6. The molecule has 2 saturated heterocycles. The number of ether oxygens (including phenoxy) is 5. The summed E-state index contributed by atoms with van der Waals surface area (Å²) in [6, 6.07) is -1.14. The van der Waals surface area contributed by atoms with Crippen LogP contribution in [0.25, 0.3) is 0 Å². The molecule has 0 aromatic heterocycles. The van der Waals surface area contributed by atoms with Crippen molar-refractivity contribution in [2.75, 3.05) is 27.9 Å². The molecule has 3 N–H and O–H groups in total. The van der Waals surface area contributed by atoms with E-state index in [1.54, 1.807) is 41.1 Å². The van der Waals surface area contributed by atoms with Crippen LogP contribution >= 0.6 is 0 Å². The molecule has 1 amide bonds. The van der Waals surface area contributed by atoms with E-state index >= 15 is 0 Å². The number of aliphatic hydroxyl groups is 3. The maximum atomic E-state index is 14.4. The molecule has 4 aliphatic rings. The number of ketones is 3. The molecule has 3 aliphatic heterocycles. The molecule has 378 valence electrons. The first kappa shape index (κ1) is 56.2. The number of carbonyl (C=O) groups is 5. The van der Waals surface area contributed by atoms with Crippen molar-refractivity contribution in [1.29, 1.82) is 0 Å². The van der Waals surface area contributed by atoms with Crippen molar-refractivity contribution in [2.24, 2.45) is 35.5 Å². The molecule has 0 spiro atoms. The van der Waals surface area contributed by atoms with Crippen LogP contribution in [-0.4, -0.2) is 132 Å². The average Bonchev–Trinajstić information content (AvgIpc) is 3.31. The van der Waals surface area contributed by atoms with E-state index in [1.807, 2.05) is 45.1 Å². The second-order valence-corrected chi connectivity index (χ2v) is 20.2. The number of amides is 1. The summed E-state index contributed by atoms with van der Waals surface area (Å²) in [5, 5.41) is 34.0. The number of Topliss-reactive ketones (excluding diaryl/α,β-unsaturated/α-hetero) is 3. The normalized spacial score (nSPS) is 39.6. The zero-order valence-electron chi connectivity index (χ0n) is 42.0. The average molecular weight is 942 g/mol. The molecular formula is C53H83NO13. The fourth-order valence-corrected chi connectivity index (χ4v) is 10.6. The van der Waals surface area contributed by atoms with Gasteiger partial charge in [-0.1, -0.05) is 77.5 Å². The molecule has 3 heterocycles. The standard InChI is InChI=1S/C53H83NO13/c1-11-17-38-19-14-12-13-18-32(2)44(63-8)30-40-23-21-37(7)53(62,67-40)50(59)51(60)54-25-16-15-20-41(54)52(61)66-45(34(4)27-39-22-24-42(55)46(29-39)64-9)31-43(56)33(3)26-35(5)47(57)49(65-10)48(58)36(6)28-38/h12-14,18-19,26,33-34,36-42,44-47,49,55,57,62H,11,15-17,20-25,27-31H2,1-10H3/b13-12+,19-14+,32-18+,35-26+/t33-,34+,36-,37-,38-,39+,40+,41+,42-,44+,45+,46-,47-,49-,53-/m1/s1. The molecule has 3 fully saturated rings. The number of piperidine rings is 1. The first-order valence-electron chi connectivity index (χ1n) is 25.0. The van der Waals surface area contributed by atoms with Gasteiger partial charge in [0.05, 0.1) is 24.4 Å². The Morgan fingerprint density at radius 2 is 1.60 bits per heavy atom. The van der Waals surface area contributed by atoms with Crippen LogP contribution in [0.15, 0.2) is 47.6 Å². The van der Waals surface area contributed by atoms with E-state index in [9.17, 15) is 39.3 Å². The molecule has 1 aliphatic carbocycles. The molecule has 1 saturated carbocycles. The monoisotopic (exact) mass is 942 g/mol. The number of methoxy groups -OCH3 is 3. The summed E-state index contributed by atoms with van der Waals surface area (Å²) in [5.74, 6) is -7.87. The van der Waals surface area contributed by atoms with Gasteiger partial charge in [0.1, 0.15) is 30.1 Å². The fraction of sp³-hybridized carbons (Fsp3) is 0.755. The van der Waals surface area contributed by atoms with Gasteiger partial charge < -0.3 is 43.9 Å². The van der Waals surface area contributed by atoms with Crippen LogP contribution < -0.4 is 0 Å². The Morgan fingerprint density at radius 3 is 2.27 bits per heavy atom. The lowest BCUT2D eigenvalue weighted by Gasteiger charge is -2.42. The van der Waals surface area contributed by atoms with E-state index in [0.717, 1.165) is 24.8 Å². The number of hydrogen-bond donors (Lipinski definition) is 3. The minimum Gasteiger partial charge on any atom is -0.460 e. The first-order valence-corrected chi connectivity index (χ1v) is 25.0. The van der Waals surface area contributed by atoms with Crippen LogP contribution in [0.4, 0.5) is 0 Å². The number of carbonyl (C=O) groups excluding carboxylic acids is 5. The van der Waals surface area contributed by atoms with E-state index in [0.29, 0.717) is 63.4 Å². The minimum atomic E-state index is -2.43. The Morgan fingerprint density at radius 1 is 0.866 bits per heavy atom. The quantitative estimate of drug-likeness (QED) is 0.129. The van der Waals surface area contributed by atoms with E-state index in [2.05, 4.69) is 13.0 Å². The summed E-state index contributed by atoms with van der Waals surface area (Å²) < 4.78 is 29.5. The third-order valence-electron chi connectivity index (χ3n) is 15.0. The van der Waals surface area contributed by atoms with Gasteiger partial charge >= 0.3 is 5.97 Å². The Hall–Kier alpha value is -3.37. The van der Waals surface area contributed by atoms with Gasteiger partial charge in [0, 0.05) is 58.5 Å². The van der Waals surface area contributed by atoms with E-state index in [1.165, 1.54) is 12.0 Å². The van der Waals surface area contributed by atoms with Crippen molar-refractivity contribution in [3.8, 4) is 0 Å². The molecule has 67 heavy (non-hydrogen) atoms. The van der Waals surface area contributed by atoms with Crippen LogP contribution in [0.2, 0.25) is 0 Å². The smallest absolute Gasteiger partial charge is 0.329 e. The lowest BCUT2D eigenvalue weighted by molar-refractivity contribution is -0.265. The van der Waals surface area contributed by atoms with E-state index < -0.39 is 83.9 Å². The van der Waals surface area contributed by atoms with Crippen LogP contribution in [-0.2, 0) is 47.7 Å². The van der Waals surface area contributed by atoms with Crippen LogP contribution in [0, 0.1) is 35.5 Å². The number of allylic oxidation sites excluding steroid dienone is 6. The molecule has 4 rings (SSSR count). The van der Waals surface area contributed by atoms with Gasteiger partial charge in [-0.05, 0) is 113 Å². The topological polar surface area (TPSA) is 195 Å². The van der Waals surface area contributed by atoms with E-state index in [4.69, 9.17) is 23.7 Å². The SMILES string of the molecule is CCC[C@@H]1/C=C/C=C/C=C(\C)[C@@H](OC)C[C@@H]2CC[C@@H](C)[C@@](O)(O2)C(=O)C(=O)N2CCCC[C@H]2C(=O)O[C@H]([C@@H](C)C[C@@H]2CC[C@@H](O)[C@H](OC)C2)CC(=O)[C@H](C)/C=C(\C)[C@@H](O)[C@@H](OC)C(=O)[C@H](C)C1. The minimum absolute atomic E-state index is 0.0841. The lowest BCUT2D eigenvalue weighted by Crippen LogP contribution is -2.61. The number of cyclic esters (lactones) is 1. The van der Waals surface area contributed by atoms with Gasteiger partial charge in [0.2, 0.25) is 5.79 Å². The van der Waals surface area contributed by atoms with Gasteiger partial charge in [0.15, 0.2) is 5.78 Å². The third-order valence-corrected chi connectivity index (χ3v) is 15.0. The number of rotatable bonds is 8.